The number of hydrogen-bond acceptors (Lipinski definition) is 2. The lowest BCUT2D eigenvalue weighted by molar-refractivity contribution is -0.671. The van der Waals surface area contributed by atoms with Crippen molar-refractivity contribution in [2.45, 2.75) is 6.92 Å². The average Bonchev–Trinajstić information content (AvgIpc) is 2.40. The Labute approximate surface area is 120 Å². The number of nitrogens with zero attached hydrogens (tertiary/aromatic N) is 3. The maximum atomic E-state index is 4.59. The molecule has 0 aliphatic carbocycles. The van der Waals surface area contributed by atoms with Gasteiger partial charge in [-0.3, -0.25) is 5.01 Å². The van der Waals surface area contributed by atoms with Gasteiger partial charge in [0.15, 0.2) is 12.4 Å². The fraction of sp³-hybridized carbons (Fsp3) is 0.200. The Morgan fingerprint density at radius 1 is 1.05 bits per heavy atom. The van der Waals surface area contributed by atoms with E-state index in [1.54, 1.807) is 0 Å². The third-order valence-corrected chi connectivity index (χ3v) is 2.83. The maximum absolute atomic E-state index is 4.59. The monoisotopic (exact) mass is 275 g/mol. The van der Waals surface area contributed by atoms with Crippen molar-refractivity contribution in [1.29, 1.82) is 0 Å². The molecular formula is C15H18ClN3. The number of anilines is 1. The second-order valence-corrected chi connectivity index (χ2v) is 4.30. The van der Waals surface area contributed by atoms with E-state index in [4.69, 9.17) is 0 Å². The summed E-state index contributed by atoms with van der Waals surface area (Å²) in [6.45, 7) is 2.02. The van der Waals surface area contributed by atoms with Crippen LogP contribution in [0.2, 0.25) is 0 Å². The van der Waals surface area contributed by atoms with Crippen molar-refractivity contribution in [3.05, 3.63) is 60.4 Å². The minimum Gasteiger partial charge on any atom is -1.00 e. The van der Waals surface area contributed by atoms with E-state index in [0.717, 1.165) is 17.0 Å². The Bertz CT molecular complexity index is 535. The molecule has 0 saturated carbocycles. The van der Waals surface area contributed by atoms with Crippen molar-refractivity contribution >= 4 is 11.4 Å². The summed E-state index contributed by atoms with van der Waals surface area (Å²) in [6.07, 6.45) is 4.05. The van der Waals surface area contributed by atoms with Gasteiger partial charge in [0, 0.05) is 24.7 Å². The first-order valence-corrected chi connectivity index (χ1v) is 5.96. The van der Waals surface area contributed by atoms with E-state index in [0.29, 0.717) is 0 Å². The van der Waals surface area contributed by atoms with Gasteiger partial charge in [0.05, 0.1) is 11.4 Å². The van der Waals surface area contributed by atoms with E-state index in [1.165, 1.54) is 0 Å². The molecule has 2 rings (SSSR count). The second-order valence-electron chi connectivity index (χ2n) is 4.30. The van der Waals surface area contributed by atoms with Gasteiger partial charge in [0.1, 0.15) is 7.05 Å². The Morgan fingerprint density at radius 2 is 1.63 bits per heavy atom. The number of aromatic nitrogens is 1. The van der Waals surface area contributed by atoms with Crippen LogP contribution in [0.5, 0.6) is 0 Å². The highest BCUT2D eigenvalue weighted by Crippen LogP contribution is 2.12. The van der Waals surface area contributed by atoms with E-state index in [9.17, 15) is 0 Å². The molecule has 0 atom stereocenters. The zero-order valence-corrected chi connectivity index (χ0v) is 12.2. The largest absolute Gasteiger partial charge is 1.00 e. The summed E-state index contributed by atoms with van der Waals surface area (Å²) < 4.78 is 2.01. The lowest BCUT2D eigenvalue weighted by Gasteiger charge is -2.14. The molecule has 0 aliphatic heterocycles. The van der Waals surface area contributed by atoms with Crippen LogP contribution in [0.4, 0.5) is 5.69 Å². The van der Waals surface area contributed by atoms with Gasteiger partial charge in [-0.15, -0.1) is 0 Å². The minimum atomic E-state index is 0. The predicted octanol–water partition coefficient (Wildman–Crippen LogP) is -0.624. The first-order valence-electron chi connectivity index (χ1n) is 5.96. The Hall–Kier alpha value is -1.87. The van der Waals surface area contributed by atoms with Crippen LogP contribution < -0.4 is 22.0 Å². The molecule has 0 unspecified atom stereocenters. The summed E-state index contributed by atoms with van der Waals surface area (Å²) in [5.41, 5.74) is 3.22. The summed E-state index contributed by atoms with van der Waals surface area (Å²) >= 11 is 0. The minimum absolute atomic E-state index is 0. The number of benzene rings is 1. The molecule has 1 aromatic heterocycles. The van der Waals surface area contributed by atoms with E-state index in [1.807, 2.05) is 73.3 Å². The Balaban J connectivity index is 0.00000180. The van der Waals surface area contributed by atoms with Gasteiger partial charge in [-0.25, -0.2) is 4.57 Å². The number of para-hydroxylation sites is 1. The van der Waals surface area contributed by atoms with Crippen LogP contribution in [0.1, 0.15) is 12.5 Å². The van der Waals surface area contributed by atoms with E-state index >= 15 is 0 Å². The zero-order chi connectivity index (χ0) is 13.0. The number of aryl methyl sites for hydroxylation is 1. The van der Waals surface area contributed by atoms with Crippen molar-refractivity contribution in [1.82, 2.24) is 0 Å². The standard InChI is InChI=1S/C15H18N3.ClH/c1-13(14-9-11-17(2)12-10-14)16-18(3)15-7-5-4-6-8-15;/h4-12H,1-3H3;1H/q+1;/p-1. The molecule has 19 heavy (non-hydrogen) atoms. The topological polar surface area (TPSA) is 19.5 Å². The number of rotatable bonds is 3. The molecule has 1 aromatic carbocycles. The molecule has 0 saturated heterocycles. The van der Waals surface area contributed by atoms with Crippen LogP contribution in [-0.4, -0.2) is 12.8 Å². The molecule has 1 heterocycles. The normalized spacial score (nSPS) is 10.8. The molecule has 0 bridgehead atoms. The predicted molar refractivity (Wildman–Crippen MR) is 74.7 cm³/mol. The molecule has 3 nitrogen and oxygen atoms in total. The van der Waals surface area contributed by atoms with E-state index in [2.05, 4.69) is 17.2 Å². The van der Waals surface area contributed by atoms with Gasteiger partial charge < -0.3 is 12.4 Å². The second kappa shape index (κ2) is 6.90. The van der Waals surface area contributed by atoms with Crippen LogP contribution in [-0.2, 0) is 7.05 Å². The average molecular weight is 276 g/mol. The highest BCUT2D eigenvalue weighted by atomic mass is 35.5. The van der Waals surface area contributed by atoms with Gasteiger partial charge in [-0.05, 0) is 19.1 Å². The lowest BCUT2D eigenvalue weighted by atomic mass is 10.2. The maximum Gasteiger partial charge on any atom is 0.169 e. The summed E-state index contributed by atoms with van der Waals surface area (Å²) in [7, 11) is 3.97. The third kappa shape index (κ3) is 4.07. The van der Waals surface area contributed by atoms with Gasteiger partial charge in [0.25, 0.3) is 0 Å². The lowest BCUT2D eigenvalue weighted by Crippen LogP contribution is -3.00. The van der Waals surface area contributed by atoms with Crippen molar-refractivity contribution in [2.75, 3.05) is 12.1 Å². The smallest absolute Gasteiger partial charge is 0.169 e. The number of pyridine rings is 1. The molecule has 0 N–H and O–H groups in total. The highest BCUT2D eigenvalue weighted by Gasteiger charge is 2.02. The van der Waals surface area contributed by atoms with Gasteiger partial charge in [-0.1, -0.05) is 18.2 Å². The summed E-state index contributed by atoms with van der Waals surface area (Å²) in [4.78, 5) is 0. The van der Waals surface area contributed by atoms with Crippen LogP contribution in [0.3, 0.4) is 0 Å². The Kier molecular flexibility index (Phi) is 5.52. The van der Waals surface area contributed by atoms with Crippen LogP contribution in [0, 0.1) is 0 Å². The fourth-order valence-electron chi connectivity index (χ4n) is 1.73. The Morgan fingerprint density at radius 3 is 2.21 bits per heavy atom. The van der Waals surface area contributed by atoms with E-state index in [-0.39, 0.29) is 12.4 Å². The van der Waals surface area contributed by atoms with Crippen molar-refractivity contribution < 1.29 is 17.0 Å². The molecule has 0 radical (unpaired) electrons. The summed E-state index contributed by atoms with van der Waals surface area (Å²) in [5, 5.41) is 6.48. The molecule has 0 aliphatic rings. The van der Waals surface area contributed by atoms with Gasteiger partial charge in [-0.2, -0.15) is 5.10 Å². The van der Waals surface area contributed by atoms with Gasteiger partial charge >= 0.3 is 0 Å². The first kappa shape index (κ1) is 15.2. The number of halogens is 1. The van der Waals surface area contributed by atoms with Crippen molar-refractivity contribution in [3.8, 4) is 0 Å². The van der Waals surface area contributed by atoms with Crippen molar-refractivity contribution in [3.63, 3.8) is 0 Å². The SMILES string of the molecule is C/C(=N\N(C)c1ccccc1)c1cc[n+](C)cc1.[Cl-]. The van der Waals surface area contributed by atoms with Crippen LogP contribution in [0.25, 0.3) is 0 Å². The van der Waals surface area contributed by atoms with Crippen LogP contribution >= 0.6 is 0 Å². The molecule has 4 heteroatoms. The highest BCUT2D eigenvalue weighted by molar-refractivity contribution is 5.98. The summed E-state index contributed by atoms with van der Waals surface area (Å²) in [5.74, 6) is 0. The first-order chi connectivity index (χ1) is 8.66. The molecule has 0 spiro atoms. The molecule has 2 aromatic rings. The summed E-state index contributed by atoms with van der Waals surface area (Å²) in [6, 6.07) is 14.3. The van der Waals surface area contributed by atoms with Gasteiger partial charge in [0.2, 0.25) is 0 Å². The number of hydrazone groups is 1. The third-order valence-electron chi connectivity index (χ3n) is 2.83. The molecular weight excluding hydrogens is 258 g/mol. The fourth-order valence-corrected chi connectivity index (χ4v) is 1.73. The van der Waals surface area contributed by atoms with E-state index < -0.39 is 0 Å². The molecule has 100 valence electrons. The zero-order valence-electron chi connectivity index (χ0n) is 11.4. The molecule has 0 fully saturated rings. The quantitative estimate of drug-likeness (QED) is 0.415. The van der Waals surface area contributed by atoms with Crippen LogP contribution in [0.15, 0.2) is 60.0 Å². The number of hydrogen-bond donors (Lipinski definition) is 0. The van der Waals surface area contributed by atoms with Crippen molar-refractivity contribution in [2.24, 2.45) is 12.1 Å². The molecule has 0 amide bonds.